The SMILES string of the molecule is Cc1c(NN2C(C)CCCC2C)cccc1[N+](=O)[O-]. The van der Waals surface area contributed by atoms with E-state index < -0.39 is 0 Å². The summed E-state index contributed by atoms with van der Waals surface area (Å²) in [4.78, 5) is 10.6. The number of nitro groups is 1. The van der Waals surface area contributed by atoms with Gasteiger partial charge in [0, 0.05) is 18.2 Å². The lowest BCUT2D eigenvalue weighted by Crippen LogP contribution is -2.47. The molecule has 2 unspecified atom stereocenters. The Labute approximate surface area is 113 Å². The maximum Gasteiger partial charge on any atom is 0.274 e. The van der Waals surface area contributed by atoms with Crippen molar-refractivity contribution in [3.8, 4) is 0 Å². The molecule has 0 radical (unpaired) electrons. The molecule has 5 heteroatoms. The van der Waals surface area contributed by atoms with Crippen molar-refractivity contribution in [3.63, 3.8) is 0 Å². The molecule has 0 bridgehead atoms. The highest BCUT2D eigenvalue weighted by molar-refractivity contribution is 5.59. The Balaban J connectivity index is 2.23. The maximum atomic E-state index is 11.0. The number of rotatable bonds is 3. The molecule has 0 aliphatic carbocycles. The fourth-order valence-corrected chi connectivity index (χ4v) is 2.72. The molecule has 1 N–H and O–H groups in total. The minimum Gasteiger partial charge on any atom is -0.318 e. The van der Waals surface area contributed by atoms with Crippen molar-refractivity contribution in [1.82, 2.24) is 5.01 Å². The lowest BCUT2D eigenvalue weighted by molar-refractivity contribution is -0.385. The first-order chi connectivity index (χ1) is 9.00. The van der Waals surface area contributed by atoms with Gasteiger partial charge in [-0.3, -0.25) is 10.1 Å². The second kappa shape index (κ2) is 5.57. The third-order valence-electron chi connectivity index (χ3n) is 3.94. The van der Waals surface area contributed by atoms with E-state index in [2.05, 4.69) is 24.3 Å². The highest BCUT2D eigenvalue weighted by atomic mass is 16.6. The van der Waals surface area contributed by atoms with Crippen LogP contribution in [0.4, 0.5) is 11.4 Å². The average Bonchev–Trinajstić information content (AvgIpc) is 2.35. The lowest BCUT2D eigenvalue weighted by Gasteiger charge is -2.39. The van der Waals surface area contributed by atoms with Crippen molar-refractivity contribution in [2.24, 2.45) is 0 Å². The van der Waals surface area contributed by atoms with Gasteiger partial charge in [-0.05, 0) is 39.7 Å². The first-order valence-electron chi connectivity index (χ1n) is 6.79. The molecule has 1 saturated heterocycles. The Hall–Kier alpha value is -1.62. The normalized spacial score (nSPS) is 24.2. The summed E-state index contributed by atoms with van der Waals surface area (Å²) in [6, 6.07) is 6.07. The number of anilines is 1. The van der Waals surface area contributed by atoms with Gasteiger partial charge in [-0.25, -0.2) is 5.01 Å². The van der Waals surface area contributed by atoms with Crippen LogP contribution in [0.2, 0.25) is 0 Å². The first kappa shape index (κ1) is 13.8. The number of benzene rings is 1. The maximum absolute atomic E-state index is 11.0. The van der Waals surface area contributed by atoms with Crippen molar-refractivity contribution in [2.45, 2.75) is 52.1 Å². The molecule has 1 aromatic carbocycles. The van der Waals surface area contributed by atoms with Crippen LogP contribution in [0.15, 0.2) is 18.2 Å². The van der Waals surface area contributed by atoms with E-state index in [0.717, 1.165) is 18.5 Å². The summed E-state index contributed by atoms with van der Waals surface area (Å²) in [5.41, 5.74) is 5.06. The Morgan fingerprint density at radius 1 is 1.32 bits per heavy atom. The zero-order valence-corrected chi connectivity index (χ0v) is 11.7. The number of nitrogens with one attached hydrogen (secondary N) is 1. The molecule has 1 aromatic rings. The predicted octanol–water partition coefficient (Wildman–Crippen LogP) is 3.49. The van der Waals surface area contributed by atoms with Crippen LogP contribution in [0, 0.1) is 17.0 Å². The summed E-state index contributed by atoms with van der Waals surface area (Å²) in [5.74, 6) is 0. The molecule has 1 heterocycles. The molecule has 0 spiro atoms. The highest BCUT2D eigenvalue weighted by Gasteiger charge is 2.25. The van der Waals surface area contributed by atoms with Crippen molar-refractivity contribution in [1.29, 1.82) is 0 Å². The molecule has 0 saturated carbocycles. The second-order valence-corrected chi connectivity index (χ2v) is 5.35. The van der Waals surface area contributed by atoms with E-state index in [-0.39, 0.29) is 10.6 Å². The number of hydrogen-bond donors (Lipinski definition) is 1. The molecule has 19 heavy (non-hydrogen) atoms. The van der Waals surface area contributed by atoms with Gasteiger partial charge in [0.1, 0.15) is 0 Å². The van der Waals surface area contributed by atoms with E-state index in [1.807, 2.05) is 6.07 Å². The molecule has 5 nitrogen and oxygen atoms in total. The summed E-state index contributed by atoms with van der Waals surface area (Å²) in [5, 5.41) is 13.2. The van der Waals surface area contributed by atoms with Crippen LogP contribution in [0.1, 0.15) is 38.7 Å². The van der Waals surface area contributed by atoms with Crippen LogP contribution in [0.25, 0.3) is 0 Å². The smallest absolute Gasteiger partial charge is 0.274 e. The van der Waals surface area contributed by atoms with Gasteiger partial charge in [0.05, 0.1) is 16.2 Å². The topological polar surface area (TPSA) is 58.4 Å². The van der Waals surface area contributed by atoms with E-state index >= 15 is 0 Å². The highest BCUT2D eigenvalue weighted by Crippen LogP contribution is 2.28. The fourth-order valence-electron chi connectivity index (χ4n) is 2.72. The minimum absolute atomic E-state index is 0.169. The summed E-state index contributed by atoms with van der Waals surface area (Å²) in [7, 11) is 0. The summed E-state index contributed by atoms with van der Waals surface area (Å²) < 4.78 is 0. The first-order valence-corrected chi connectivity index (χ1v) is 6.79. The zero-order valence-electron chi connectivity index (χ0n) is 11.7. The Morgan fingerprint density at radius 2 is 1.95 bits per heavy atom. The number of nitro benzene ring substituents is 1. The van der Waals surface area contributed by atoms with Crippen molar-refractivity contribution in [2.75, 3.05) is 5.43 Å². The van der Waals surface area contributed by atoms with Gasteiger partial charge in [0.15, 0.2) is 0 Å². The van der Waals surface area contributed by atoms with Gasteiger partial charge >= 0.3 is 0 Å². The van der Waals surface area contributed by atoms with Gasteiger partial charge in [-0.2, -0.15) is 0 Å². The summed E-state index contributed by atoms with van der Waals surface area (Å²) >= 11 is 0. The van der Waals surface area contributed by atoms with Crippen LogP contribution in [0.5, 0.6) is 0 Å². The van der Waals surface area contributed by atoms with E-state index in [9.17, 15) is 10.1 Å². The molecule has 1 fully saturated rings. The van der Waals surface area contributed by atoms with Crippen molar-refractivity contribution < 1.29 is 4.92 Å². The molecule has 2 atom stereocenters. The lowest BCUT2D eigenvalue weighted by atomic mass is 10.00. The quantitative estimate of drug-likeness (QED) is 0.670. The molecule has 1 aliphatic heterocycles. The van der Waals surface area contributed by atoms with Crippen LogP contribution in [-0.4, -0.2) is 22.0 Å². The van der Waals surface area contributed by atoms with Crippen LogP contribution in [-0.2, 0) is 0 Å². The van der Waals surface area contributed by atoms with Crippen molar-refractivity contribution >= 4 is 11.4 Å². The van der Waals surface area contributed by atoms with Crippen molar-refractivity contribution in [3.05, 3.63) is 33.9 Å². The van der Waals surface area contributed by atoms with Crippen LogP contribution in [0.3, 0.4) is 0 Å². The summed E-state index contributed by atoms with van der Waals surface area (Å²) in [6.07, 6.45) is 3.56. The molecule has 0 amide bonds. The van der Waals surface area contributed by atoms with E-state index in [1.165, 1.54) is 6.42 Å². The molecule has 0 aromatic heterocycles. The monoisotopic (exact) mass is 263 g/mol. The van der Waals surface area contributed by atoms with Gasteiger partial charge in [0.2, 0.25) is 0 Å². The Morgan fingerprint density at radius 3 is 2.53 bits per heavy atom. The van der Waals surface area contributed by atoms with Gasteiger partial charge in [0.25, 0.3) is 5.69 Å². The van der Waals surface area contributed by atoms with E-state index in [4.69, 9.17) is 0 Å². The Bertz CT molecular complexity index is 466. The predicted molar refractivity (Wildman–Crippen MR) is 76.1 cm³/mol. The van der Waals surface area contributed by atoms with Gasteiger partial charge in [-0.1, -0.05) is 12.5 Å². The fraction of sp³-hybridized carbons (Fsp3) is 0.571. The third kappa shape index (κ3) is 2.87. The van der Waals surface area contributed by atoms with E-state index in [0.29, 0.717) is 17.6 Å². The molecule has 104 valence electrons. The van der Waals surface area contributed by atoms with E-state index in [1.54, 1.807) is 19.1 Å². The number of nitrogens with zero attached hydrogens (tertiary/aromatic N) is 2. The molecule has 2 rings (SSSR count). The van der Waals surface area contributed by atoms with Crippen LogP contribution >= 0.6 is 0 Å². The van der Waals surface area contributed by atoms with Crippen LogP contribution < -0.4 is 5.43 Å². The average molecular weight is 263 g/mol. The third-order valence-corrected chi connectivity index (χ3v) is 3.94. The second-order valence-electron chi connectivity index (χ2n) is 5.35. The van der Waals surface area contributed by atoms with Gasteiger partial charge < -0.3 is 5.43 Å². The largest absolute Gasteiger partial charge is 0.318 e. The Kier molecular flexibility index (Phi) is 4.04. The molecular weight excluding hydrogens is 242 g/mol. The number of hydrogen-bond acceptors (Lipinski definition) is 4. The number of hydrazine groups is 1. The molecule has 1 aliphatic rings. The summed E-state index contributed by atoms with van der Waals surface area (Å²) in [6.45, 7) is 6.17. The minimum atomic E-state index is -0.330. The molecular formula is C14H21N3O2. The number of piperidine rings is 1. The zero-order chi connectivity index (χ0) is 14.0. The van der Waals surface area contributed by atoms with Gasteiger partial charge in [-0.15, -0.1) is 0 Å². The standard InChI is InChI=1S/C14H21N3O2/c1-10-6-4-7-11(2)16(10)15-13-8-5-9-14(12(13)3)17(18)19/h5,8-11,15H,4,6-7H2,1-3H3.